The Hall–Kier alpha value is -1.90. The molecule has 1 rings (SSSR count). The Morgan fingerprint density at radius 2 is 2.05 bits per heavy atom. The maximum absolute atomic E-state index is 12.0. The van der Waals surface area contributed by atoms with E-state index in [9.17, 15) is 4.79 Å². The average Bonchev–Trinajstić information content (AvgIpc) is 2.46. The molecule has 2 unspecified atom stereocenters. The van der Waals surface area contributed by atoms with Crippen molar-refractivity contribution in [1.82, 2.24) is 5.32 Å². The van der Waals surface area contributed by atoms with Crippen molar-refractivity contribution in [3.63, 3.8) is 0 Å². The molecule has 5 heteroatoms. The number of hydrogen-bond donors (Lipinski definition) is 1. The zero-order valence-electron chi connectivity index (χ0n) is 11.1. The fourth-order valence-corrected chi connectivity index (χ4v) is 1.50. The van der Waals surface area contributed by atoms with E-state index in [2.05, 4.69) is 5.32 Å². The average molecular weight is 262 g/mol. The minimum absolute atomic E-state index is 0.0115. The van der Waals surface area contributed by atoms with Crippen molar-refractivity contribution in [2.75, 3.05) is 13.2 Å². The van der Waals surface area contributed by atoms with Crippen LogP contribution in [0, 0.1) is 11.3 Å². The van der Waals surface area contributed by atoms with Crippen molar-refractivity contribution < 1.29 is 14.6 Å². The first-order chi connectivity index (χ1) is 9.19. The van der Waals surface area contributed by atoms with Crippen LogP contribution in [0.15, 0.2) is 30.3 Å². The van der Waals surface area contributed by atoms with Crippen LogP contribution in [0.1, 0.15) is 25.3 Å². The van der Waals surface area contributed by atoms with Crippen molar-refractivity contribution in [2.45, 2.75) is 25.8 Å². The van der Waals surface area contributed by atoms with E-state index >= 15 is 0 Å². The third-order valence-corrected chi connectivity index (χ3v) is 2.60. The van der Waals surface area contributed by atoms with Crippen molar-refractivity contribution in [3.8, 4) is 6.07 Å². The monoisotopic (exact) mass is 262 g/mol. The molecule has 1 N–H and O–H groups in total. The first-order valence-electron chi connectivity index (χ1n) is 6.18. The summed E-state index contributed by atoms with van der Waals surface area (Å²) in [6, 6.07) is 10.6. The molecule has 1 aromatic rings. The summed E-state index contributed by atoms with van der Waals surface area (Å²) in [4.78, 5) is 21.5. The summed E-state index contributed by atoms with van der Waals surface area (Å²) in [6.07, 6.45) is 0. The Labute approximate surface area is 113 Å². The minimum Gasteiger partial charge on any atom is -0.338 e. The van der Waals surface area contributed by atoms with Crippen molar-refractivity contribution in [1.29, 1.82) is 5.26 Å². The maximum Gasteiger partial charge on any atom is 0.228 e. The summed E-state index contributed by atoms with van der Waals surface area (Å²) >= 11 is 0. The highest BCUT2D eigenvalue weighted by Crippen LogP contribution is 2.14. The molecule has 5 nitrogen and oxygen atoms in total. The summed E-state index contributed by atoms with van der Waals surface area (Å²) in [5, 5.41) is 11.5. The Morgan fingerprint density at radius 1 is 1.37 bits per heavy atom. The SMILES string of the molecule is CCOOCC(C#N)NC(=O)C(C)c1ccccc1. The van der Waals surface area contributed by atoms with Crippen LogP contribution in [0.5, 0.6) is 0 Å². The number of rotatable bonds is 7. The highest BCUT2D eigenvalue weighted by Gasteiger charge is 2.19. The van der Waals surface area contributed by atoms with Crippen molar-refractivity contribution >= 4 is 5.91 Å². The minimum atomic E-state index is -0.717. The Kier molecular flexibility index (Phi) is 6.58. The van der Waals surface area contributed by atoms with Crippen LogP contribution in [-0.2, 0) is 14.6 Å². The van der Waals surface area contributed by atoms with E-state index in [0.717, 1.165) is 5.56 Å². The van der Waals surface area contributed by atoms with Gasteiger partial charge < -0.3 is 5.32 Å². The van der Waals surface area contributed by atoms with Gasteiger partial charge in [-0.3, -0.25) is 4.79 Å². The van der Waals surface area contributed by atoms with E-state index in [1.165, 1.54) is 0 Å². The second kappa shape index (κ2) is 8.25. The molecular weight excluding hydrogens is 244 g/mol. The largest absolute Gasteiger partial charge is 0.338 e. The van der Waals surface area contributed by atoms with Gasteiger partial charge in [0.15, 0.2) is 0 Å². The Bertz CT molecular complexity index is 428. The Balaban J connectivity index is 2.51. The van der Waals surface area contributed by atoms with Crippen LogP contribution < -0.4 is 5.32 Å². The predicted octanol–water partition coefficient (Wildman–Crippen LogP) is 1.77. The van der Waals surface area contributed by atoms with E-state index in [1.54, 1.807) is 13.8 Å². The predicted molar refractivity (Wildman–Crippen MR) is 70.0 cm³/mol. The molecule has 0 aliphatic carbocycles. The number of nitriles is 1. The fourth-order valence-electron chi connectivity index (χ4n) is 1.50. The molecule has 0 aliphatic rings. The third-order valence-electron chi connectivity index (χ3n) is 2.60. The summed E-state index contributed by atoms with van der Waals surface area (Å²) in [5.74, 6) is -0.526. The quantitative estimate of drug-likeness (QED) is 0.462. The molecule has 2 atom stereocenters. The molecule has 0 spiro atoms. The van der Waals surface area contributed by atoms with E-state index in [0.29, 0.717) is 6.61 Å². The molecule has 1 amide bonds. The molecule has 1 aromatic carbocycles. The van der Waals surface area contributed by atoms with E-state index in [4.69, 9.17) is 15.0 Å². The van der Waals surface area contributed by atoms with Gasteiger partial charge in [0.2, 0.25) is 5.91 Å². The molecule has 0 aliphatic heterocycles. The fraction of sp³-hybridized carbons (Fsp3) is 0.429. The van der Waals surface area contributed by atoms with Crippen LogP contribution in [0.4, 0.5) is 0 Å². The van der Waals surface area contributed by atoms with Crippen LogP contribution in [-0.4, -0.2) is 25.2 Å². The number of benzene rings is 1. The highest BCUT2D eigenvalue weighted by atomic mass is 17.2. The van der Waals surface area contributed by atoms with Gasteiger partial charge in [-0.05, 0) is 19.4 Å². The van der Waals surface area contributed by atoms with Crippen LogP contribution >= 0.6 is 0 Å². The smallest absolute Gasteiger partial charge is 0.228 e. The molecule has 0 heterocycles. The van der Waals surface area contributed by atoms with Crippen LogP contribution in [0.2, 0.25) is 0 Å². The van der Waals surface area contributed by atoms with E-state index in [1.807, 2.05) is 36.4 Å². The number of nitrogens with one attached hydrogen (secondary N) is 1. The molecule has 0 radical (unpaired) electrons. The molecule has 0 bridgehead atoms. The van der Waals surface area contributed by atoms with Crippen molar-refractivity contribution in [2.24, 2.45) is 0 Å². The topological polar surface area (TPSA) is 71.3 Å². The highest BCUT2D eigenvalue weighted by molar-refractivity contribution is 5.83. The summed E-state index contributed by atoms with van der Waals surface area (Å²) in [7, 11) is 0. The lowest BCUT2D eigenvalue weighted by atomic mass is 10.0. The molecule has 19 heavy (non-hydrogen) atoms. The molecule has 0 saturated carbocycles. The lowest BCUT2D eigenvalue weighted by Crippen LogP contribution is -2.39. The zero-order chi connectivity index (χ0) is 14.1. The standard InChI is InChI=1S/C14H18N2O3/c1-3-18-19-10-13(9-15)16-14(17)11(2)12-7-5-4-6-8-12/h4-8,11,13H,3,10H2,1-2H3,(H,16,17). The third kappa shape index (κ3) is 5.08. The summed E-state index contributed by atoms with van der Waals surface area (Å²) in [6.45, 7) is 3.98. The van der Waals surface area contributed by atoms with E-state index < -0.39 is 6.04 Å². The second-order valence-corrected chi connectivity index (χ2v) is 4.01. The first-order valence-corrected chi connectivity index (χ1v) is 6.18. The normalized spacial score (nSPS) is 13.3. The van der Waals surface area contributed by atoms with Gasteiger partial charge in [-0.1, -0.05) is 30.3 Å². The van der Waals surface area contributed by atoms with Gasteiger partial charge in [-0.2, -0.15) is 5.26 Å². The van der Waals surface area contributed by atoms with Gasteiger partial charge >= 0.3 is 0 Å². The summed E-state index contributed by atoms with van der Waals surface area (Å²) in [5.41, 5.74) is 0.905. The van der Waals surface area contributed by atoms with Crippen LogP contribution in [0.25, 0.3) is 0 Å². The van der Waals surface area contributed by atoms with Gasteiger partial charge in [0, 0.05) is 0 Å². The number of carbonyl (C=O) groups is 1. The number of amides is 1. The second-order valence-electron chi connectivity index (χ2n) is 4.01. The molecule has 0 aromatic heterocycles. The maximum atomic E-state index is 12.0. The van der Waals surface area contributed by atoms with Gasteiger partial charge in [0.25, 0.3) is 0 Å². The lowest BCUT2D eigenvalue weighted by Gasteiger charge is -2.15. The molecular formula is C14H18N2O3. The van der Waals surface area contributed by atoms with Gasteiger partial charge in [-0.25, -0.2) is 9.78 Å². The van der Waals surface area contributed by atoms with Crippen LogP contribution in [0.3, 0.4) is 0 Å². The number of hydrogen-bond acceptors (Lipinski definition) is 4. The molecule has 102 valence electrons. The zero-order valence-corrected chi connectivity index (χ0v) is 11.1. The van der Waals surface area contributed by atoms with E-state index in [-0.39, 0.29) is 18.4 Å². The first kappa shape index (κ1) is 15.2. The summed E-state index contributed by atoms with van der Waals surface area (Å²) < 4.78 is 0. The molecule has 0 fully saturated rings. The Morgan fingerprint density at radius 3 is 2.63 bits per heavy atom. The molecule has 0 saturated heterocycles. The van der Waals surface area contributed by atoms with Crippen molar-refractivity contribution in [3.05, 3.63) is 35.9 Å². The number of nitrogens with zero attached hydrogens (tertiary/aromatic N) is 1. The van der Waals surface area contributed by atoms with Gasteiger partial charge in [-0.15, -0.1) is 0 Å². The number of carbonyl (C=O) groups excluding carboxylic acids is 1. The lowest BCUT2D eigenvalue weighted by molar-refractivity contribution is -0.292. The van der Waals surface area contributed by atoms with Gasteiger partial charge in [0.05, 0.1) is 18.6 Å². The van der Waals surface area contributed by atoms with Gasteiger partial charge in [0.1, 0.15) is 12.6 Å².